The minimum atomic E-state index is -1.13. The lowest BCUT2D eigenvalue weighted by Crippen LogP contribution is -2.63. The number of rotatable bonds is 7. The molecule has 4 aliphatic heterocycles. The standard InChI is InChI=1S/C23H36N6O5S/c1-11-17-16(12(2)30)21(32)29(17)18(22(33)34)19(11)35-14-7-15(26(3)10-14)20(31)28-6-5-13(9-28)8-27(4)23(24)25/h11-17,30H,5-10H2,1-4H3,(H3,24,25)(H,33,34)/t11-,12-,13+,14+,15+,16-,17-/m1/s1. The summed E-state index contributed by atoms with van der Waals surface area (Å²) in [7, 11) is 3.70. The van der Waals surface area contributed by atoms with Crippen molar-refractivity contribution in [2.75, 3.05) is 40.3 Å². The molecule has 0 saturated carbocycles. The number of aliphatic carboxylic acids is 1. The molecule has 0 radical (unpaired) electrons. The number of aliphatic hydroxyl groups excluding tert-OH is 1. The fraction of sp³-hybridized carbons (Fsp3) is 0.739. The van der Waals surface area contributed by atoms with E-state index in [1.807, 2.05) is 23.8 Å². The predicted molar refractivity (Wildman–Crippen MR) is 131 cm³/mol. The van der Waals surface area contributed by atoms with Gasteiger partial charge in [-0.2, -0.15) is 0 Å². The molecule has 0 aromatic rings. The van der Waals surface area contributed by atoms with Gasteiger partial charge in [-0.1, -0.05) is 6.92 Å². The van der Waals surface area contributed by atoms with Gasteiger partial charge >= 0.3 is 5.97 Å². The molecular formula is C23H36N6O5S. The lowest BCUT2D eigenvalue weighted by atomic mass is 9.79. The summed E-state index contributed by atoms with van der Waals surface area (Å²) in [6.45, 7) is 6.10. The van der Waals surface area contributed by atoms with Crippen molar-refractivity contribution in [3.63, 3.8) is 0 Å². The van der Waals surface area contributed by atoms with Crippen LogP contribution in [0.5, 0.6) is 0 Å². The lowest BCUT2D eigenvalue weighted by Gasteiger charge is -2.46. The van der Waals surface area contributed by atoms with Crippen LogP contribution in [0.15, 0.2) is 10.6 Å². The number of carbonyl (C=O) groups is 3. The molecule has 0 bridgehead atoms. The van der Waals surface area contributed by atoms with Gasteiger partial charge in [-0.25, -0.2) is 4.79 Å². The Morgan fingerprint density at radius 3 is 2.63 bits per heavy atom. The van der Waals surface area contributed by atoms with Crippen LogP contribution in [0, 0.1) is 23.2 Å². The van der Waals surface area contributed by atoms with Crippen molar-refractivity contribution in [1.29, 1.82) is 5.41 Å². The van der Waals surface area contributed by atoms with E-state index in [2.05, 4.69) is 0 Å². The van der Waals surface area contributed by atoms with Gasteiger partial charge in [0.2, 0.25) is 11.8 Å². The zero-order valence-electron chi connectivity index (χ0n) is 20.7. The van der Waals surface area contributed by atoms with E-state index in [0.717, 1.165) is 6.42 Å². The second-order valence-electron chi connectivity index (χ2n) is 10.4. The van der Waals surface area contributed by atoms with Gasteiger partial charge in [0.05, 0.1) is 24.1 Å². The smallest absolute Gasteiger partial charge is 0.353 e. The Morgan fingerprint density at radius 2 is 2.03 bits per heavy atom. The third-order valence-electron chi connectivity index (χ3n) is 7.94. The van der Waals surface area contributed by atoms with Crippen molar-refractivity contribution >= 4 is 35.5 Å². The Bertz CT molecular complexity index is 957. The number of guanidine groups is 1. The molecule has 2 amide bonds. The van der Waals surface area contributed by atoms with Crippen LogP contribution in [0.4, 0.5) is 0 Å². The third kappa shape index (κ3) is 4.51. The average molecular weight is 509 g/mol. The number of likely N-dealkylation sites (N-methyl/N-ethyl adjacent to an activating group) is 1. The van der Waals surface area contributed by atoms with E-state index in [-0.39, 0.29) is 52.6 Å². The first kappa shape index (κ1) is 25.8. The molecule has 3 saturated heterocycles. The Balaban J connectivity index is 1.41. The molecule has 3 fully saturated rings. The molecule has 4 aliphatic rings. The number of nitrogens with one attached hydrogen (secondary N) is 1. The highest BCUT2D eigenvalue weighted by molar-refractivity contribution is 8.03. The van der Waals surface area contributed by atoms with Crippen LogP contribution in [0.2, 0.25) is 0 Å². The Hall–Kier alpha value is -2.31. The highest BCUT2D eigenvalue weighted by Gasteiger charge is 2.60. The van der Waals surface area contributed by atoms with Crippen molar-refractivity contribution in [1.82, 2.24) is 19.6 Å². The summed E-state index contributed by atoms with van der Waals surface area (Å²) in [4.78, 5) is 45.6. The van der Waals surface area contributed by atoms with Gasteiger partial charge in [-0.3, -0.25) is 19.9 Å². The van der Waals surface area contributed by atoms with E-state index in [0.29, 0.717) is 37.5 Å². The maximum atomic E-state index is 13.3. The number of amides is 2. The van der Waals surface area contributed by atoms with Crippen LogP contribution in [0.1, 0.15) is 26.7 Å². The van der Waals surface area contributed by atoms with Crippen LogP contribution in [-0.2, 0) is 14.4 Å². The molecule has 12 heteroatoms. The predicted octanol–water partition coefficient (Wildman–Crippen LogP) is -0.380. The van der Waals surface area contributed by atoms with E-state index in [4.69, 9.17) is 11.1 Å². The van der Waals surface area contributed by atoms with Gasteiger partial charge in [0.1, 0.15) is 5.70 Å². The van der Waals surface area contributed by atoms with Crippen molar-refractivity contribution in [3.8, 4) is 0 Å². The first-order valence-corrected chi connectivity index (χ1v) is 13.0. The molecule has 194 valence electrons. The second kappa shape index (κ2) is 9.62. The Labute approximate surface area is 209 Å². The van der Waals surface area contributed by atoms with Gasteiger partial charge < -0.3 is 30.6 Å². The quantitative estimate of drug-likeness (QED) is 0.205. The largest absolute Gasteiger partial charge is 0.477 e. The number of carboxylic acids is 1. The van der Waals surface area contributed by atoms with E-state index in [1.165, 1.54) is 16.7 Å². The first-order chi connectivity index (χ1) is 16.4. The summed E-state index contributed by atoms with van der Waals surface area (Å²) in [5.74, 6) is -1.84. The van der Waals surface area contributed by atoms with E-state index in [9.17, 15) is 24.6 Å². The summed E-state index contributed by atoms with van der Waals surface area (Å²) >= 11 is 1.47. The van der Waals surface area contributed by atoms with Crippen molar-refractivity contribution < 1.29 is 24.6 Å². The highest BCUT2D eigenvalue weighted by Crippen LogP contribution is 2.52. The van der Waals surface area contributed by atoms with Gasteiger partial charge in [0.15, 0.2) is 5.96 Å². The number of nitrogens with zero attached hydrogens (tertiary/aromatic N) is 4. The highest BCUT2D eigenvalue weighted by atomic mass is 32.2. The summed E-state index contributed by atoms with van der Waals surface area (Å²) in [6.07, 6.45) is 0.653. The minimum absolute atomic E-state index is 0.0209. The molecule has 0 aliphatic carbocycles. The summed E-state index contributed by atoms with van der Waals surface area (Å²) in [6, 6.07) is -0.603. The third-order valence-corrected chi connectivity index (χ3v) is 9.43. The zero-order chi connectivity index (χ0) is 25.8. The summed E-state index contributed by atoms with van der Waals surface area (Å²) in [5.41, 5.74) is 5.57. The van der Waals surface area contributed by atoms with Crippen LogP contribution in [-0.4, -0.2) is 117 Å². The number of aliphatic hydroxyl groups is 1. The molecular weight excluding hydrogens is 472 g/mol. The number of carboxylic acid groups (broad SMARTS) is 1. The number of hydrogen-bond acceptors (Lipinski definition) is 7. The average Bonchev–Trinajstić information content (AvgIpc) is 3.44. The molecule has 11 nitrogen and oxygen atoms in total. The number of nitrogens with two attached hydrogens (primary N) is 1. The molecule has 0 unspecified atom stereocenters. The second-order valence-corrected chi connectivity index (χ2v) is 11.7. The fourth-order valence-electron chi connectivity index (χ4n) is 6.06. The minimum Gasteiger partial charge on any atom is -0.477 e. The number of likely N-dealkylation sites (tertiary alicyclic amines) is 2. The van der Waals surface area contributed by atoms with E-state index in [1.54, 1.807) is 18.9 Å². The van der Waals surface area contributed by atoms with Gasteiger partial charge in [-0.05, 0) is 32.7 Å². The summed E-state index contributed by atoms with van der Waals surface area (Å²) in [5, 5.41) is 27.5. The van der Waals surface area contributed by atoms with Crippen molar-refractivity contribution in [2.45, 2.75) is 50.1 Å². The maximum Gasteiger partial charge on any atom is 0.353 e. The zero-order valence-corrected chi connectivity index (χ0v) is 21.5. The number of fused-ring (bicyclic) bond motifs is 1. The van der Waals surface area contributed by atoms with Gasteiger partial charge in [0, 0.05) is 49.3 Å². The maximum absolute atomic E-state index is 13.3. The van der Waals surface area contributed by atoms with E-state index >= 15 is 0 Å². The molecule has 5 N–H and O–H groups in total. The topological polar surface area (TPSA) is 154 Å². The van der Waals surface area contributed by atoms with Crippen LogP contribution < -0.4 is 5.73 Å². The Kier molecular flexibility index (Phi) is 7.09. The number of hydrogen-bond donors (Lipinski definition) is 4. The van der Waals surface area contributed by atoms with Crippen LogP contribution in [0.25, 0.3) is 0 Å². The lowest BCUT2D eigenvalue weighted by molar-refractivity contribution is -0.163. The molecule has 0 aromatic heterocycles. The molecule has 35 heavy (non-hydrogen) atoms. The van der Waals surface area contributed by atoms with Crippen molar-refractivity contribution in [3.05, 3.63) is 10.6 Å². The molecule has 4 rings (SSSR count). The molecule has 7 atom stereocenters. The molecule has 0 spiro atoms. The van der Waals surface area contributed by atoms with Gasteiger partial charge in [0.25, 0.3) is 0 Å². The van der Waals surface area contributed by atoms with E-state index < -0.39 is 18.0 Å². The first-order valence-electron chi connectivity index (χ1n) is 12.1. The van der Waals surface area contributed by atoms with Crippen molar-refractivity contribution in [2.24, 2.45) is 23.5 Å². The van der Waals surface area contributed by atoms with Gasteiger partial charge in [-0.15, -0.1) is 11.8 Å². The Morgan fingerprint density at radius 1 is 1.34 bits per heavy atom. The SMILES string of the molecule is C[C@@H](O)[C@H]1C(=O)N2C(C(=O)O)=C(S[C@H]3C[C@@H](C(=O)N4CC[C@@H](CN(C)C(=N)N)C4)N(C)C3)[C@H](C)[C@H]12. The normalized spacial score (nSPS) is 33.7. The number of carbonyl (C=O) groups excluding carboxylic acids is 2. The summed E-state index contributed by atoms with van der Waals surface area (Å²) < 4.78 is 0. The molecule has 4 heterocycles. The van der Waals surface area contributed by atoms with Crippen LogP contribution in [0.3, 0.4) is 0 Å². The van der Waals surface area contributed by atoms with Crippen LogP contribution >= 0.6 is 11.8 Å². The number of thioether (sulfide) groups is 1. The fourth-order valence-corrected chi connectivity index (χ4v) is 7.66. The molecule has 0 aromatic carbocycles. The number of β-lactam (4-membered cyclic amide) rings is 1. The monoisotopic (exact) mass is 508 g/mol.